The van der Waals surface area contributed by atoms with Crippen LogP contribution in [0.2, 0.25) is 0 Å². The first-order valence-corrected chi connectivity index (χ1v) is 6.02. The average Bonchev–Trinajstić information content (AvgIpc) is 2.28. The first kappa shape index (κ1) is 12.5. The van der Waals surface area contributed by atoms with Gasteiger partial charge < -0.3 is 9.84 Å². The monoisotopic (exact) mass is 242 g/mol. The second-order valence-corrected chi connectivity index (χ2v) is 4.78. The van der Waals surface area contributed by atoms with Crippen LogP contribution in [0, 0.1) is 27.7 Å². The average molecular weight is 242 g/mol. The van der Waals surface area contributed by atoms with Gasteiger partial charge in [-0.15, -0.1) is 0 Å². The van der Waals surface area contributed by atoms with Crippen LogP contribution in [0.25, 0.3) is 0 Å². The van der Waals surface area contributed by atoms with Gasteiger partial charge in [0.25, 0.3) is 0 Å². The van der Waals surface area contributed by atoms with E-state index in [9.17, 15) is 5.11 Å². The quantitative estimate of drug-likeness (QED) is 0.844. The molecule has 0 amide bonds. The SMILES string of the molecule is Cc1cc(C)c(Oc2ccc(O)c(C)c2)c(C)c1. The van der Waals surface area contributed by atoms with Crippen molar-refractivity contribution in [1.29, 1.82) is 0 Å². The molecule has 0 fully saturated rings. The molecule has 0 aliphatic carbocycles. The number of rotatable bonds is 2. The Kier molecular flexibility index (Phi) is 3.28. The molecule has 0 radical (unpaired) electrons. The zero-order valence-corrected chi connectivity index (χ0v) is 11.2. The summed E-state index contributed by atoms with van der Waals surface area (Å²) in [4.78, 5) is 0. The molecule has 2 nitrogen and oxygen atoms in total. The summed E-state index contributed by atoms with van der Waals surface area (Å²) in [5.74, 6) is 1.94. The summed E-state index contributed by atoms with van der Waals surface area (Å²) in [7, 11) is 0. The Morgan fingerprint density at radius 3 is 2.00 bits per heavy atom. The van der Waals surface area contributed by atoms with Crippen molar-refractivity contribution in [3.8, 4) is 17.2 Å². The minimum atomic E-state index is 0.291. The van der Waals surface area contributed by atoms with Crippen LogP contribution in [-0.4, -0.2) is 5.11 Å². The fraction of sp³-hybridized carbons (Fsp3) is 0.250. The zero-order valence-electron chi connectivity index (χ0n) is 11.2. The lowest BCUT2D eigenvalue weighted by atomic mass is 10.1. The Labute approximate surface area is 108 Å². The van der Waals surface area contributed by atoms with Crippen molar-refractivity contribution in [3.63, 3.8) is 0 Å². The molecule has 0 aliphatic rings. The number of hydrogen-bond acceptors (Lipinski definition) is 2. The number of ether oxygens (including phenoxy) is 1. The van der Waals surface area contributed by atoms with Crippen LogP contribution in [0.3, 0.4) is 0 Å². The minimum absolute atomic E-state index is 0.291. The molecule has 2 aromatic rings. The van der Waals surface area contributed by atoms with Gasteiger partial charge in [0.15, 0.2) is 0 Å². The molecule has 0 bridgehead atoms. The number of aromatic hydroxyl groups is 1. The molecule has 18 heavy (non-hydrogen) atoms. The first-order chi connectivity index (χ1) is 8.47. The van der Waals surface area contributed by atoms with Crippen molar-refractivity contribution < 1.29 is 9.84 Å². The van der Waals surface area contributed by atoms with Gasteiger partial charge in [0, 0.05) is 0 Å². The second-order valence-electron chi connectivity index (χ2n) is 4.78. The van der Waals surface area contributed by atoms with Crippen molar-refractivity contribution in [2.45, 2.75) is 27.7 Å². The normalized spacial score (nSPS) is 10.4. The molecule has 0 saturated heterocycles. The van der Waals surface area contributed by atoms with Crippen molar-refractivity contribution in [2.75, 3.05) is 0 Å². The molecule has 0 spiro atoms. The van der Waals surface area contributed by atoms with Crippen LogP contribution >= 0.6 is 0 Å². The highest BCUT2D eigenvalue weighted by molar-refractivity contribution is 5.47. The molecule has 0 unspecified atom stereocenters. The second kappa shape index (κ2) is 4.73. The summed E-state index contributed by atoms with van der Waals surface area (Å²) in [6.45, 7) is 8.02. The summed E-state index contributed by atoms with van der Waals surface area (Å²) in [5.41, 5.74) is 4.30. The number of phenols is 1. The molecule has 0 aromatic heterocycles. The topological polar surface area (TPSA) is 29.5 Å². The molecule has 0 heterocycles. The standard InChI is InChI=1S/C16H18O2/c1-10-7-12(3)16(13(4)8-10)18-14-5-6-15(17)11(2)9-14/h5-9,17H,1-4H3. The third-order valence-electron chi connectivity index (χ3n) is 2.99. The van der Waals surface area contributed by atoms with E-state index in [2.05, 4.69) is 19.1 Å². The summed E-state index contributed by atoms with van der Waals surface area (Å²) >= 11 is 0. The summed E-state index contributed by atoms with van der Waals surface area (Å²) in [5, 5.41) is 9.50. The van der Waals surface area contributed by atoms with Gasteiger partial charge in [0.05, 0.1) is 0 Å². The van der Waals surface area contributed by atoms with Gasteiger partial charge in [-0.1, -0.05) is 17.7 Å². The maximum Gasteiger partial charge on any atom is 0.133 e. The van der Waals surface area contributed by atoms with Gasteiger partial charge in [0.1, 0.15) is 17.2 Å². The lowest BCUT2D eigenvalue weighted by Gasteiger charge is -2.13. The Bertz CT molecular complexity index is 563. The van der Waals surface area contributed by atoms with Gasteiger partial charge >= 0.3 is 0 Å². The number of aryl methyl sites for hydroxylation is 4. The third kappa shape index (κ3) is 2.48. The number of benzene rings is 2. The van der Waals surface area contributed by atoms with Gasteiger partial charge in [-0.2, -0.15) is 0 Å². The largest absolute Gasteiger partial charge is 0.508 e. The highest BCUT2D eigenvalue weighted by atomic mass is 16.5. The first-order valence-electron chi connectivity index (χ1n) is 6.02. The van der Waals surface area contributed by atoms with Crippen LogP contribution in [0.1, 0.15) is 22.3 Å². The van der Waals surface area contributed by atoms with E-state index >= 15 is 0 Å². The summed E-state index contributed by atoms with van der Waals surface area (Å²) in [6, 6.07) is 9.49. The Hall–Kier alpha value is -1.96. The van der Waals surface area contributed by atoms with E-state index in [1.54, 1.807) is 12.1 Å². The number of hydrogen-bond donors (Lipinski definition) is 1. The lowest BCUT2D eigenvalue weighted by Crippen LogP contribution is -1.92. The van der Waals surface area contributed by atoms with E-state index in [0.29, 0.717) is 5.75 Å². The van der Waals surface area contributed by atoms with E-state index in [0.717, 1.165) is 28.2 Å². The van der Waals surface area contributed by atoms with Gasteiger partial charge in [-0.05, 0) is 62.6 Å². The van der Waals surface area contributed by atoms with Crippen molar-refractivity contribution in [1.82, 2.24) is 0 Å². The molecule has 0 aliphatic heterocycles. The molecule has 94 valence electrons. The Morgan fingerprint density at radius 2 is 1.44 bits per heavy atom. The van der Waals surface area contributed by atoms with Gasteiger partial charge in [-0.3, -0.25) is 0 Å². The Balaban J connectivity index is 2.37. The van der Waals surface area contributed by atoms with Crippen LogP contribution in [0.15, 0.2) is 30.3 Å². The molecular weight excluding hydrogens is 224 g/mol. The van der Waals surface area contributed by atoms with E-state index in [4.69, 9.17) is 4.74 Å². The van der Waals surface area contributed by atoms with Crippen LogP contribution < -0.4 is 4.74 Å². The van der Waals surface area contributed by atoms with Gasteiger partial charge in [-0.25, -0.2) is 0 Å². The van der Waals surface area contributed by atoms with Crippen molar-refractivity contribution in [3.05, 3.63) is 52.6 Å². The maximum atomic E-state index is 9.50. The van der Waals surface area contributed by atoms with E-state index in [1.165, 1.54) is 5.56 Å². The van der Waals surface area contributed by atoms with Crippen molar-refractivity contribution in [2.24, 2.45) is 0 Å². The minimum Gasteiger partial charge on any atom is -0.508 e. The molecule has 2 heteroatoms. The van der Waals surface area contributed by atoms with E-state index < -0.39 is 0 Å². The summed E-state index contributed by atoms with van der Waals surface area (Å²) in [6.07, 6.45) is 0. The third-order valence-corrected chi connectivity index (χ3v) is 2.99. The maximum absolute atomic E-state index is 9.50. The number of phenolic OH excluding ortho intramolecular Hbond substituents is 1. The molecule has 0 saturated carbocycles. The predicted molar refractivity (Wildman–Crippen MR) is 73.6 cm³/mol. The highest BCUT2D eigenvalue weighted by Gasteiger charge is 2.07. The molecule has 0 atom stereocenters. The van der Waals surface area contributed by atoms with E-state index in [1.807, 2.05) is 26.8 Å². The molecule has 2 rings (SSSR count). The predicted octanol–water partition coefficient (Wildman–Crippen LogP) is 4.42. The van der Waals surface area contributed by atoms with Crippen LogP contribution in [0.5, 0.6) is 17.2 Å². The Morgan fingerprint density at radius 1 is 0.833 bits per heavy atom. The molecule has 2 aromatic carbocycles. The highest BCUT2D eigenvalue weighted by Crippen LogP contribution is 2.31. The summed E-state index contributed by atoms with van der Waals surface area (Å²) < 4.78 is 5.92. The molecular formula is C16H18O2. The van der Waals surface area contributed by atoms with E-state index in [-0.39, 0.29) is 0 Å². The lowest BCUT2D eigenvalue weighted by molar-refractivity contribution is 0.458. The smallest absolute Gasteiger partial charge is 0.133 e. The fourth-order valence-electron chi connectivity index (χ4n) is 2.14. The zero-order chi connectivity index (χ0) is 13.3. The van der Waals surface area contributed by atoms with Crippen LogP contribution in [0.4, 0.5) is 0 Å². The van der Waals surface area contributed by atoms with Gasteiger partial charge in [0.2, 0.25) is 0 Å². The van der Waals surface area contributed by atoms with Crippen molar-refractivity contribution >= 4 is 0 Å². The fourth-order valence-corrected chi connectivity index (χ4v) is 2.14. The molecule has 1 N–H and O–H groups in total. The van der Waals surface area contributed by atoms with Crippen LogP contribution in [-0.2, 0) is 0 Å².